The molecule has 0 aromatic heterocycles. The molecule has 0 saturated carbocycles. The number of ether oxygens (including phenoxy) is 1. The molecular weight excluding hydrogens is 294 g/mol. The van der Waals surface area contributed by atoms with Crippen molar-refractivity contribution in [1.82, 2.24) is 24.9 Å². The molecule has 0 aromatic carbocycles. The fraction of sp³-hybridized carbons (Fsp3) is 0.938. The van der Waals surface area contributed by atoms with E-state index in [1.807, 2.05) is 4.90 Å². The first-order chi connectivity index (χ1) is 11.1. The normalized spacial score (nSPS) is 20.9. The van der Waals surface area contributed by atoms with Crippen molar-refractivity contribution in [3.05, 3.63) is 0 Å². The van der Waals surface area contributed by atoms with Gasteiger partial charge in [0.25, 0.3) is 0 Å². The van der Waals surface area contributed by atoms with Crippen LogP contribution in [-0.2, 0) is 4.74 Å². The lowest BCUT2D eigenvalue weighted by molar-refractivity contribution is 0.0385. The van der Waals surface area contributed by atoms with Gasteiger partial charge in [0.2, 0.25) is 0 Å². The average Bonchev–Trinajstić information content (AvgIpc) is 2.56. The molecule has 0 radical (unpaired) electrons. The molecule has 0 unspecified atom stereocenters. The van der Waals surface area contributed by atoms with Crippen LogP contribution in [0.4, 0.5) is 4.79 Å². The summed E-state index contributed by atoms with van der Waals surface area (Å²) >= 11 is 0. The highest BCUT2D eigenvalue weighted by Gasteiger charge is 2.20. The largest absolute Gasteiger partial charge is 0.379 e. The molecule has 2 fully saturated rings. The third-order valence-corrected chi connectivity index (χ3v) is 4.55. The van der Waals surface area contributed by atoms with E-state index in [2.05, 4.69) is 34.1 Å². The van der Waals surface area contributed by atoms with Gasteiger partial charge in [0, 0.05) is 52.4 Å². The van der Waals surface area contributed by atoms with E-state index in [1.54, 1.807) is 0 Å². The maximum absolute atomic E-state index is 12.2. The zero-order valence-corrected chi connectivity index (χ0v) is 14.8. The van der Waals surface area contributed by atoms with Crippen LogP contribution in [0.2, 0.25) is 0 Å². The van der Waals surface area contributed by atoms with E-state index >= 15 is 0 Å². The first kappa shape index (κ1) is 18.4. The average molecular weight is 327 g/mol. The van der Waals surface area contributed by atoms with Crippen molar-refractivity contribution in [2.24, 2.45) is 0 Å². The molecule has 2 amide bonds. The van der Waals surface area contributed by atoms with Gasteiger partial charge in [-0.3, -0.25) is 9.80 Å². The summed E-state index contributed by atoms with van der Waals surface area (Å²) in [7, 11) is 4.22. The van der Waals surface area contributed by atoms with Gasteiger partial charge in [-0.05, 0) is 33.6 Å². The number of amides is 2. The molecule has 2 rings (SSSR count). The zero-order chi connectivity index (χ0) is 16.5. The van der Waals surface area contributed by atoms with E-state index in [-0.39, 0.29) is 6.03 Å². The van der Waals surface area contributed by atoms with Gasteiger partial charge >= 0.3 is 6.03 Å². The van der Waals surface area contributed by atoms with Crippen LogP contribution in [-0.4, -0.2) is 118 Å². The van der Waals surface area contributed by atoms with Crippen LogP contribution in [0.15, 0.2) is 0 Å². The van der Waals surface area contributed by atoms with Crippen molar-refractivity contribution in [1.29, 1.82) is 0 Å². The zero-order valence-electron chi connectivity index (χ0n) is 14.8. The Morgan fingerprint density at radius 1 is 1.00 bits per heavy atom. The van der Waals surface area contributed by atoms with E-state index in [4.69, 9.17) is 4.74 Å². The minimum atomic E-state index is 0.0891. The number of hydrogen-bond acceptors (Lipinski definition) is 5. The second-order valence-electron chi connectivity index (χ2n) is 6.67. The predicted molar refractivity (Wildman–Crippen MR) is 91.8 cm³/mol. The van der Waals surface area contributed by atoms with Gasteiger partial charge in [-0.15, -0.1) is 0 Å². The van der Waals surface area contributed by atoms with Crippen molar-refractivity contribution < 1.29 is 9.53 Å². The summed E-state index contributed by atoms with van der Waals surface area (Å²) in [5.74, 6) is 0. The number of nitrogens with one attached hydrogen (secondary N) is 1. The van der Waals surface area contributed by atoms with Crippen molar-refractivity contribution in [3.8, 4) is 0 Å². The fourth-order valence-corrected chi connectivity index (χ4v) is 3.04. The first-order valence-electron chi connectivity index (χ1n) is 8.85. The summed E-state index contributed by atoms with van der Waals surface area (Å²) in [6.07, 6.45) is 1.19. The second-order valence-corrected chi connectivity index (χ2v) is 6.67. The third-order valence-electron chi connectivity index (χ3n) is 4.55. The SMILES string of the molecule is CN(C)CCCN1CCN(C(=O)NCCN2CCOCC2)CC1. The summed E-state index contributed by atoms with van der Waals surface area (Å²) in [4.78, 5) is 21.2. The molecule has 2 aliphatic rings. The van der Waals surface area contributed by atoms with E-state index in [9.17, 15) is 4.79 Å². The molecule has 134 valence electrons. The smallest absolute Gasteiger partial charge is 0.317 e. The highest BCUT2D eigenvalue weighted by Crippen LogP contribution is 2.03. The van der Waals surface area contributed by atoms with Gasteiger partial charge in [0.05, 0.1) is 13.2 Å². The minimum absolute atomic E-state index is 0.0891. The lowest BCUT2D eigenvalue weighted by Gasteiger charge is -2.35. The van der Waals surface area contributed by atoms with Crippen LogP contribution in [0.1, 0.15) is 6.42 Å². The van der Waals surface area contributed by atoms with Gasteiger partial charge in [-0.2, -0.15) is 0 Å². The molecular formula is C16H33N5O2. The van der Waals surface area contributed by atoms with Gasteiger partial charge in [-0.25, -0.2) is 4.79 Å². The quantitative estimate of drug-likeness (QED) is 0.689. The number of carbonyl (C=O) groups excluding carboxylic acids is 1. The number of hydrogen-bond donors (Lipinski definition) is 1. The molecule has 0 bridgehead atoms. The molecule has 23 heavy (non-hydrogen) atoms. The van der Waals surface area contributed by atoms with Gasteiger partial charge < -0.3 is 19.9 Å². The molecule has 7 heteroatoms. The third kappa shape index (κ3) is 7.03. The summed E-state index contributed by atoms with van der Waals surface area (Å²) in [6.45, 7) is 11.1. The fourth-order valence-electron chi connectivity index (χ4n) is 3.04. The van der Waals surface area contributed by atoms with E-state index in [0.29, 0.717) is 0 Å². The number of morpholine rings is 1. The van der Waals surface area contributed by atoms with E-state index < -0.39 is 0 Å². The summed E-state index contributed by atoms with van der Waals surface area (Å²) in [5, 5.41) is 3.05. The lowest BCUT2D eigenvalue weighted by atomic mass is 10.3. The van der Waals surface area contributed by atoms with Crippen LogP contribution >= 0.6 is 0 Å². The van der Waals surface area contributed by atoms with E-state index in [0.717, 1.165) is 78.7 Å². The molecule has 2 aliphatic heterocycles. The number of carbonyl (C=O) groups is 1. The Kier molecular flexibility index (Phi) is 8.08. The van der Waals surface area contributed by atoms with Crippen molar-refractivity contribution >= 4 is 6.03 Å². The molecule has 0 atom stereocenters. The van der Waals surface area contributed by atoms with Crippen molar-refractivity contribution in [2.45, 2.75) is 6.42 Å². The topological polar surface area (TPSA) is 51.3 Å². The Labute approximate surface area is 140 Å². The molecule has 0 aromatic rings. The number of urea groups is 1. The molecule has 0 aliphatic carbocycles. The number of piperazine rings is 1. The number of rotatable bonds is 7. The highest BCUT2D eigenvalue weighted by atomic mass is 16.5. The Morgan fingerprint density at radius 3 is 2.30 bits per heavy atom. The van der Waals surface area contributed by atoms with Crippen LogP contribution in [0.25, 0.3) is 0 Å². The molecule has 2 heterocycles. The van der Waals surface area contributed by atoms with Gasteiger partial charge in [-0.1, -0.05) is 0 Å². The van der Waals surface area contributed by atoms with Crippen LogP contribution < -0.4 is 5.32 Å². The Hall–Kier alpha value is -0.890. The standard InChI is InChI=1S/C16H33N5O2/c1-18(2)5-3-6-19-8-10-21(11-9-19)16(22)17-4-7-20-12-14-23-15-13-20/h3-15H2,1-2H3,(H,17,22). The Morgan fingerprint density at radius 2 is 1.65 bits per heavy atom. The predicted octanol–water partition coefficient (Wildman–Crippen LogP) is -0.402. The second kappa shape index (κ2) is 10.1. The van der Waals surface area contributed by atoms with Crippen LogP contribution in [0.3, 0.4) is 0 Å². The Bertz CT molecular complexity index is 339. The lowest BCUT2D eigenvalue weighted by Crippen LogP contribution is -2.53. The summed E-state index contributed by atoms with van der Waals surface area (Å²) in [6, 6.07) is 0.0891. The monoisotopic (exact) mass is 327 g/mol. The van der Waals surface area contributed by atoms with Gasteiger partial charge in [0.1, 0.15) is 0 Å². The summed E-state index contributed by atoms with van der Waals surface area (Å²) < 4.78 is 5.33. The Balaban J connectivity index is 1.54. The molecule has 7 nitrogen and oxygen atoms in total. The van der Waals surface area contributed by atoms with Crippen molar-refractivity contribution in [3.63, 3.8) is 0 Å². The maximum Gasteiger partial charge on any atom is 0.317 e. The first-order valence-corrected chi connectivity index (χ1v) is 8.85. The van der Waals surface area contributed by atoms with E-state index in [1.165, 1.54) is 6.42 Å². The number of nitrogens with zero attached hydrogens (tertiary/aromatic N) is 4. The van der Waals surface area contributed by atoms with Crippen molar-refractivity contribution in [2.75, 3.05) is 92.8 Å². The molecule has 2 saturated heterocycles. The highest BCUT2D eigenvalue weighted by molar-refractivity contribution is 5.74. The van der Waals surface area contributed by atoms with Crippen LogP contribution in [0, 0.1) is 0 Å². The maximum atomic E-state index is 12.2. The minimum Gasteiger partial charge on any atom is -0.379 e. The van der Waals surface area contributed by atoms with Gasteiger partial charge in [0.15, 0.2) is 0 Å². The molecule has 1 N–H and O–H groups in total. The molecule has 0 spiro atoms. The van der Waals surface area contributed by atoms with Crippen LogP contribution in [0.5, 0.6) is 0 Å². The summed E-state index contributed by atoms with van der Waals surface area (Å²) in [5.41, 5.74) is 0.